The van der Waals surface area contributed by atoms with Crippen LogP contribution in [0.5, 0.6) is 17.2 Å². The fourth-order valence-corrected chi connectivity index (χ4v) is 7.93. The van der Waals surface area contributed by atoms with Crippen molar-refractivity contribution < 1.29 is 14.6 Å². The van der Waals surface area contributed by atoms with E-state index < -0.39 is 5.60 Å². The van der Waals surface area contributed by atoms with E-state index in [0.717, 1.165) is 49.5 Å². The summed E-state index contributed by atoms with van der Waals surface area (Å²) in [4.78, 5) is 2.57. The second kappa shape index (κ2) is 7.10. The van der Waals surface area contributed by atoms with Crippen molar-refractivity contribution in [2.75, 3.05) is 20.7 Å². The van der Waals surface area contributed by atoms with Crippen LogP contribution in [0.3, 0.4) is 0 Å². The number of nitrogens with zero attached hydrogens (tertiary/aromatic N) is 1. The molecule has 1 heterocycles. The first-order valence-electron chi connectivity index (χ1n) is 12.3. The van der Waals surface area contributed by atoms with Gasteiger partial charge in [-0.05, 0) is 88.7 Å². The lowest BCUT2D eigenvalue weighted by Gasteiger charge is -2.70. The molecule has 1 unspecified atom stereocenters. The molecule has 1 aliphatic heterocycles. The molecule has 2 aromatic rings. The van der Waals surface area contributed by atoms with Crippen LogP contribution < -0.4 is 9.47 Å². The van der Waals surface area contributed by atoms with Crippen LogP contribution in [-0.2, 0) is 11.8 Å². The number of rotatable bonds is 4. The predicted molar refractivity (Wildman–Crippen MR) is 130 cm³/mol. The first kappa shape index (κ1) is 21.2. The second-order valence-electron chi connectivity index (χ2n) is 11.3. The molecule has 0 amide bonds. The molecule has 5 atom stereocenters. The Labute approximate surface area is 197 Å². The van der Waals surface area contributed by atoms with Crippen LogP contribution >= 0.6 is 0 Å². The highest BCUT2D eigenvalue weighted by atomic mass is 16.5. The van der Waals surface area contributed by atoms with Crippen molar-refractivity contribution in [3.8, 4) is 17.2 Å². The van der Waals surface area contributed by atoms with Gasteiger partial charge < -0.3 is 19.5 Å². The highest BCUT2D eigenvalue weighted by molar-refractivity contribution is 5.61. The minimum Gasteiger partial charge on any atom is -0.493 e. The molecule has 1 N–H and O–H groups in total. The fraction of sp³-hybridized carbons (Fsp3) is 0.517. The molecule has 2 aromatic carbocycles. The standard InChI is InChI=1S/C29H35NO3/c1-27(2,31)22-18-28-13-12-20(22)17-29(28)14-15-30(3)24(28)16-19-10-11-23(32-4)26(25(19)29)33-21-8-6-5-7-9-21/h5-13,20,22,24,31H,14-18H2,1-4H3/t20-,22+,24?,28-,29+/m0/s1. The Morgan fingerprint density at radius 1 is 1.09 bits per heavy atom. The first-order chi connectivity index (χ1) is 15.8. The maximum absolute atomic E-state index is 11.1. The normalized spacial score (nSPS) is 34.5. The van der Waals surface area contributed by atoms with Crippen molar-refractivity contribution in [1.29, 1.82) is 0 Å². The van der Waals surface area contributed by atoms with Crippen LogP contribution in [-0.4, -0.2) is 42.4 Å². The molecule has 174 valence electrons. The smallest absolute Gasteiger partial charge is 0.173 e. The number of hydrogen-bond acceptors (Lipinski definition) is 4. The van der Waals surface area contributed by atoms with Gasteiger partial charge in [0.05, 0.1) is 12.7 Å². The van der Waals surface area contributed by atoms with Crippen LogP contribution in [0.2, 0.25) is 0 Å². The zero-order valence-electron chi connectivity index (χ0n) is 20.2. The Morgan fingerprint density at radius 2 is 1.88 bits per heavy atom. The number of ether oxygens (including phenoxy) is 2. The minimum atomic E-state index is -0.686. The molecule has 1 saturated carbocycles. The lowest BCUT2D eigenvalue weighted by Crippen LogP contribution is -2.70. The monoisotopic (exact) mass is 445 g/mol. The molecule has 4 aliphatic carbocycles. The van der Waals surface area contributed by atoms with Gasteiger partial charge in [-0.1, -0.05) is 36.4 Å². The van der Waals surface area contributed by atoms with E-state index in [1.165, 1.54) is 11.1 Å². The van der Waals surface area contributed by atoms with E-state index in [1.54, 1.807) is 7.11 Å². The van der Waals surface area contributed by atoms with Gasteiger partial charge in [0.25, 0.3) is 0 Å². The van der Waals surface area contributed by atoms with Gasteiger partial charge in [-0.25, -0.2) is 0 Å². The van der Waals surface area contributed by atoms with Gasteiger partial charge in [-0.2, -0.15) is 0 Å². The van der Waals surface area contributed by atoms with Crippen molar-refractivity contribution in [3.63, 3.8) is 0 Å². The number of methoxy groups -OCH3 is 1. The number of fused-ring (bicyclic) bond motifs is 2. The first-order valence-corrected chi connectivity index (χ1v) is 12.3. The van der Waals surface area contributed by atoms with Gasteiger partial charge in [0.1, 0.15) is 5.75 Å². The van der Waals surface area contributed by atoms with Crippen LogP contribution in [0.4, 0.5) is 0 Å². The zero-order valence-corrected chi connectivity index (χ0v) is 20.2. The lowest BCUT2D eigenvalue weighted by atomic mass is 9.38. The number of benzene rings is 2. The van der Waals surface area contributed by atoms with Crippen LogP contribution in [0.15, 0.2) is 54.6 Å². The third-order valence-electron chi connectivity index (χ3n) is 9.40. The maximum Gasteiger partial charge on any atom is 0.173 e. The summed E-state index contributed by atoms with van der Waals surface area (Å²) in [5.74, 6) is 3.19. The van der Waals surface area contributed by atoms with Crippen molar-refractivity contribution in [2.24, 2.45) is 17.3 Å². The molecular weight excluding hydrogens is 410 g/mol. The Morgan fingerprint density at radius 3 is 2.61 bits per heavy atom. The molecule has 7 rings (SSSR count). The minimum absolute atomic E-state index is 0.00240. The topological polar surface area (TPSA) is 41.9 Å². The number of para-hydroxylation sites is 1. The number of likely N-dealkylation sites (N-methyl/N-ethyl adjacent to an activating group) is 1. The largest absolute Gasteiger partial charge is 0.493 e. The molecule has 2 fully saturated rings. The van der Waals surface area contributed by atoms with Crippen molar-refractivity contribution in [1.82, 2.24) is 4.90 Å². The summed E-state index contributed by atoms with van der Waals surface area (Å²) in [7, 11) is 4.03. The summed E-state index contributed by atoms with van der Waals surface area (Å²) in [5, 5.41) is 11.1. The molecule has 5 aliphatic rings. The highest BCUT2D eigenvalue weighted by Gasteiger charge is 2.68. The molecule has 0 radical (unpaired) electrons. The Hall–Kier alpha value is -2.30. The van der Waals surface area contributed by atoms with Gasteiger partial charge in [-0.15, -0.1) is 0 Å². The Balaban J connectivity index is 1.58. The lowest BCUT2D eigenvalue weighted by molar-refractivity contribution is -0.132. The van der Waals surface area contributed by atoms with Gasteiger partial charge in [0.2, 0.25) is 0 Å². The van der Waals surface area contributed by atoms with E-state index in [0.29, 0.717) is 12.0 Å². The van der Waals surface area contributed by atoms with Crippen LogP contribution in [0.1, 0.15) is 44.2 Å². The average Bonchev–Trinajstić information content (AvgIpc) is 2.81. The van der Waals surface area contributed by atoms with E-state index >= 15 is 0 Å². The number of hydrogen-bond donors (Lipinski definition) is 1. The van der Waals surface area contributed by atoms with E-state index in [9.17, 15) is 5.11 Å². The maximum atomic E-state index is 11.1. The Bertz CT molecular complexity index is 1100. The third-order valence-corrected chi connectivity index (χ3v) is 9.40. The molecule has 4 nitrogen and oxygen atoms in total. The fourth-order valence-electron chi connectivity index (χ4n) is 7.93. The summed E-state index contributed by atoms with van der Waals surface area (Å²) >= 11 is 0. The SMILES string of the molecule is COc1ccc2c(c1Oc1ccccc1)[C@]13CCN(C)C(C2)[C@@]12C=C[C@@H](C3)[C@H](C(C)(C)O)C2. The molecule has 4 heteroatoms. The number of likely N-dealkylation sites (tertiary alicyclic amines) is 1. The van der Waals surface area contributed by atoms with Gasteiger partial charge in [0, 0.05) is 22.4 Å². The average molecular weight is 446 g/mol. The second-order valence-corrected chi connectivity index (χ2v) is 11.3. The Kier molecular flexibility index (Phi) is 4.57. The quantitative estimate of drug-likeness (QED) is 0.645. The number of allylic oxidation sites excluding steroid dienone is 1. The van der Waals surface area contributed by atoms with Gasteiger partial charge in [-0.3, -0.25) is 0 Å². The zero-order chi connectivity index (χ0) is 23.0. The van der Waals surface area contributed by atoms with Crippen LogP contribution in [0, 0.1) is 17.3 Å². The van der Waals surface area contributed by atoms with Gasteiger partial charge in [0.15, 0.2) is 11.5 Å². The number of aliphatic hydroxyl groups is 1. The van der Waals surface area contributed by atoms with E-state index in [-0.39, 0.29) is 16.7 Å². The van der Waals surface area contributed by atoms with E-state index in [2.05, 4.69) is 36.2 Å². The third kappa shape index (κ3) is 2.83. The summed E-state index contributed by atoms with van der Waals surface area (Å²) in [6.45, 7) is 5.08. The van der Waals surface area contributed by atoms with E-state index in [1.807, 2.05) is 44.2 Å². The molecular formula is C29H35NO3. The van der Waals surface area contributed by atoms with Crippen molar-refractivity contribution >= 4 is 0 Å². The van der Waals surface area contributed by atoms with Gasteiger partial charge >= 0.3 is 0 Å². The predicted octanol–water partition coefficient (Wildman–Crippen LogP) is 5.34. The summed E-state index contributed by atoms with van der Waals surface area (Å²) < 4.78 is 12.5. The molecule has 33 heavy (non-hydrogen) atoms. The van der Waals surface area contributed by atoms with E-state index in [4.69, 9.17) is 9.47 Å². The highest BCUT2D eigenvalue weighted by Crippen LogP contribution is 2.71. The molecule has 1 spiro atoms. The van der Waals surface area contributed by atoms with Crippen molar-refractivity contribution in [3.05, 3.63) is 65.7 Å². The summed E-state index contributed by atoms with van der Waals surface area (Å²) in [6.07, 6.45) is 9.15. The molecule has 4 bridgehead atoms. The van der Waals surface area contributed by atoms with Crippen molar-refractivity contribution in [2.45, 2.75) is 56.6 Å². The summed E-state index contributed by atoms with van der Waals surface area (Å²) in [6, 6.07) is 14.9. The van der Waals surface area contributed by atoms with Crippen LogP contribution in [0.25, 0.3) is 0 Å². The molecule has 1 saturated heterocycles. The molecule has 0 aromatic heterocycles. The number of piperidine rings is 1. The summed E-state index contributed by atoms with van der Waals surface area (Å²) in [5.41, 5.74) is 2.06.